The van der Waals surface area contributed by atoms with E-state index in [1.165, 1.54) is 45.7 Å². The molecule has 218 valence electrons. The van der Waals surface area contributed by atoms with Gasteiger partial charge in [-0.25, -0.2) is 9.78 Å². The number of thiazole rings is 1. The van der Waals surface area contributed by atoms with Crippen LogP contribution in [-0.4, -0.2) is 61.5 Å². The summed E-state index contributed by atoms with van der Waals surface area (Å²) in [4.78, 5) is 41.8. The van der Waals surface area contributed by atoms with Crippen molar-refractivity contribution in [3.63, 3.8) is 0 Å². The highest BCUT2D eigenvalue weighted by Crippen LogP contribution is 2.42. The quantitative estimate of drug-likeness (QED) is 0.231. The predicted octanol–water partition coefficient (Wildman–Crippen LogP) is 4.56. The average Bonchev–Trinajstić information content (AvgIpc) is 3.63. The molecular weight excluding hydrogens is 574 g/mol. The number of nitrogens with zero attached hydrogens (tertiary/aromatic N) is 3. The summed E-state index contributed by atoms with van der Waals surface area (Å²) in [6.45, 7) is 5.65. The van der Waals surface area contributed by atoms with Crippen LogP contribution in [-0.2, 0) is 9.53 Å². The third kappa shape index (κ3) is 7.45. The Morgan fingerprint density at radius 1 is 1.02 bits per heavy atom. The number of anilines is 2. The third-order valence-electron chi connectivity index (χ3n) is 5.07. The van der Waals surface area contributed by atoms with Gasteiger partial charge in [-0.2, -0.15) is 0 Å². The number of ether oxygens (including phenoxy) is 4. The van der Waals surface area contributed by atoms with Gasteiger partial charge in [0, 0.05) is 19.6 Å². The SMILES string of the molecule is CC.COCCOc1c(-c2c(OC)cccc2OC)cc(C(=O)Nc2nnc(-c3ncsc3NC(C)=O)s2)oc1=O. The maximum atomic E-state index is 13.1. The normalized spacial score (nSPS) is 10.3. The van der Waals surface area contributed by atoms with Gasteiger partial charge in [-0.05, 0) is 18.2 Å². The van der Waals surface area contributed by atoms with Gasteiger partial charge in [0.05, 0.1) is 31.9 Å². The van der Waals surface area contributed by atoms with Crippen LogP contribution in [0.5, 0.6) is 17.2 Å². The molecule has 0 aliphatic rings. The summed E-state index contributed by atoms with van der Waals surface area (Å²) in [7, 11) is 4.43. The molecule has 0 radical (unpaired) electrons. The second kappa shape index (κ2) is 14.9. The number of carbonyl (C=O) groups is 2. The first-order chi connectivity index (χ1) is 19.9. The zero-order valence-electron chi connectivity index (χ0n) is 23.2. The van der Waals surface area contributed by atoms with Crippen molar-refractivity contribution in [2.45, 2.75) is 20.8 Å². The molecule has 0 atom stereocenters. The fourth-order valence-electron chi connectivity index (χ4n) is 3.44. The van der Waals surface area contributed by atoms with Crippen molar-refractivity contribution in [1.82, 2.24) is 15.2 Å². The zero-order valence-corrected chi connectivity index (χ0v) is 24.9. The molecule has 1 aromatic carbocycles. The van der Waals surface area contributed by atoms with E-state index in [2.05, 4.69) is 25.8 Å². The van der Waals surface area contributed by atoms with Crippen LogP contribution >= 0.6 is 22.7 Å². The molecule has 2 amide bonds. The fourth-order valence-corrected chi connectivity index (χ4v) is 4.97. The molecule has 41 heavy (non-hydrogen) atoms. The second-order valence-corrected chi connectivity index (χ2v) is 9.43. The number of aromatic nitrogens is 3. The lowest BCUT2D eigenvalue weighted by atomic mass is 10.0. The molecule has 13 nitrogen and oxygen atoms in total. The largest absolute Gasteiger partial charge is 0.496 e. The Morgan fingerprint density at radius 3 is 2.37 bits per heavy atom. The summed E-state index contributed by atoms with van der Waals surface area (Å²) in [5.74, 6) is -0.700. The fraction of sp³-hybridized carbons (Fsp3) is 0.308. The molecule has 4 rings (SSSR count). The number of rotatable bonds is 11. The number of amides is 2. The summed E-state index contributed by atoms with van der Waals surface area (Å²) < 4.78 is 27.0. The van der Waals surface area contributed by atoms with Gasteiger partial charge in [-0.15, -0.1) is 21.5 Å². The van der Waals surface area contributed by atoms with E-state index in [-0.39, 0.29) is 41.3 Å². The molecular formula is C26H29N5O8S2. The minimum Gasteiger partial charge on any atom is -0.496 e. The van der Waals surface area contributed by atoms with Crippen molar-refractivity contribution >= 4 is 44.6 Å². The number of benzene rings is 1. The van der Waals surface area contributed by atoms with E-state index in [9.17, 15) is 14.4 Å². The summed E-state index contributed by atoms with van der Waals surface area (Å²) in [6.07, 6.45) is 0. The first kappa shape index (κ1) is 31.2. The van der Waals surface area contributed by atoms with Crippen molar-refractivity contribution in [2.24, 2.45) is 0 Å². The third-order valence-corrected chi connectivity index (χ3v) is 6.66. The number of carbonyl (C=O) groups excluding carboxylic acids is 2. The molecule has 0 bridgehead atoms. The van der Waals surface area contributed by atoms with Gasteiger partial charge in [0.25, 0.3) is 5.91 Å². The van der Waals surface area contributed by atoms with Crippen LogP contribution in [0.15, 0.2) is 39.0 Å². The molecule has 0 spiro atoms. The number of hydrogen-bond donors (Lipinski definition) is 2. The molecule has 0 aliphatic heterocycles. The minimum atomic E-state index is -0.887. The van der Waals surface area contributed by atoms with Crippen LogP contribution in [0.1, 0.15) is 31.3 Å². The summed E-state index contributed by atoms with van der Waals surface area (Å²) >= 11 is 2.26. The van der Waals surface area contributed by atoms with Gasteiger partial charge in [0.2, 0.25) is 16.8 Å². The first-order valence-electron chi connectivity index (χ1n) is 12.2. The zero-order chi connectivity index (χ0) is 29.9. The van der Waals surface area contributed by atoms with Crippen LogP contribution < -0.4 is 30.5 Å². The molecule has 3 aromatic heterocycles. The first-order valence-corrected chi connectivity index (χ1v) is 13.9. The Hall–Kier alpha value is -4.34. The van der Waals surface area contributed by atoms with Crippen LogP contribution in [0.4, 0.5) is 10.1 Å². The molecule has 2 N–H and O–H groups in total. The van der Waals surface area contributed by atoms with E-state index in [4.69, 9.17) is 23.4 Å². The maximum Gasteiger partial charge on any atom is 0.379 e. The van der Waals surface area contributed by atoms with Crippen LogP contribution in [0.2, 0.25) is 0 Å². The summed E-state index contributed by atoms with van der Waals surface area (Å²) in [6, 6.07) is 6.44. The average molecular weight is 604 g/mol. The van der Waals surface area contributed by atoms with E-state index in [1.807, 2.05) is 13.8 Å². The molecule has 0 saturated heterocycles. The highest BCUT2D eigenvalue weighted by Gasteiger charge is 2.25. The standard InChI is InChI=1S/C24H23N5O8S2.C2H6/c1-12(30)26-21-18(25-11-38-21)22-28-29-24(39-22)27-20(31)16-10-13(19(23(32)37-16)36-9-8-33-2)17-14(34-3)6-5-7-15(17)35-4;1-2/h5-7,10-11H,8-9H2,1-4H3,(H,26,30)(H,27,29,31);1-2H3. The Kier molecular flexibility index (Phi) is 11.3. The monoisotopic (exact) mass is 603 g/mol. The number of nitrogens with one attached hydrogen (secondary N) is 2. The lowest BCUT2D eigenvalue weighted by molar-refractivity contribution is -0.114. The molecule has 4 aromatic rings. The van der Waals surface area contributed by atoms with Crippen LogP contribution in [0.25, 0.3) is 21.8 Å². The number of methoxy groups -OCH3 is 3. The molecule has 0 saturated carbocycles. The van der Waals surface area contributed by atoms with Gasteiger partial charge < -0.3 is 28.7 Å². The van der Waals surface area contributed by atoms with Crippen molar-refractivity contribution in [3.8, 4) is 39.1 Å². The summed E-state index contributed by atoms with van der Waals surface area (Å²) in [5, 5.41) is 14.3. The maximum absolute atomic E-state index is 13.1. The van der Waals surface area contributed by atoms with Gasteiger partial charge in [0.1, 0.15) is 28.8 Å². The Balaban J connectivity index is 0.00000226. The van der Waals surface area contributed by atoms with E-state index in [0.29, 0.717) is 32.8 Å². The Labute approximate surface area is 243 Å². The topological polar surface area (TPSA) is 164 Å². The van der Waals surface area contributed by atoms with Crippen molar-refractivity contribution in [3.05, 3.63) is 46.0 Å². The second-order valence-electron chi connectivity index (χ2n) is 7.60. The van der Waals surface area contributed by atoms with Gasteiger partial charge in [-0.3, -0.25) is 14.9 Å². The lowest BCUT2D eigenvalue weighted by Gasteiger charge is -2.16. The molecule has 0 aliphatic carbocycles. The van der Waals surface area contributed by atoms with Crippen LogP contribution in [0, 0.1) is 0 Å². The van der Waals surface area contributed by atoms with E-state index < -0.39 is 11.5 Å². The smallest absolute Gasteiger partial charge is 0.379 e. The van der Waals surface area contributed by atoms with E-state index >= 15 is 0 Å². The van der Waals surface area contributed by atoms with E-state index in [1.54, 1.807) is 23.7 Å². The van der Waals surface area contributed by atoms with Crippen molar-refractivity contribution in [1.29, 1.82) is 0 Å². The van der Waals surface area contributed by atoms with Gasteiger partial charge >= 0.3 is 5.63 Å². The Morgan fingerprint density at radius 2 is 1.73 bits per heavy atom. The lowest BCUT2D eigenvalue weighted by Crippen LogP contribution is -2.18. The van der Waals surface area contributed by atoms with Gasteiger partial charge in [0.15, 0.2) is 10.8 Å². The minimum absolute atomic E-state index is 0.0575. The molecule has 0 fully saturated rings. The van der Waals surface area contributed by atoms with E-state index in [0.717, 1.165) is 11.3 Å². The molecule has 15 heteroatoms. The molecule has 0 unspecified atom stereocenters. The highest BCUT2D eigenvalue weighted by atomic mass is 32.1. The summed E-state index contributed by atoms with van der Waals surface area (Å²) in [5.41, 5.74) is 1.70. The van der Waals surface area contributed by atoms with Crippen molar-refractivity contribution < 1.29 is 33.0 Å². The van der Waals surface area contributed by atoms with Crippen LogP contribution in [0.3, 0.4) is 0 Å². The molecule has 3 heterocycles. The Bertz CT molecular complexity index is 1530. The number of hydrogen-bond acceptors (Lipinski definition) is 13. The van der Waals surface area contributed by atoms with Crippen molar-refractivity contribution in [2.75, 3.05) is 45.2 Å². The highest BCUT2D eigenvalue weighted by molar-refractivity contribution is 7.19. The van der Waals surface area contributed by atoms with Gasteiger partial charge in [-0.1, -0.05) is 31.3 Å². The predicted molar refractivity (Wildman–Crippen MR) is 156 cm³/mol.